The Hall–Kier alpha value is -3.89. The summed E-state index contributed by atoms with van der Waals surface area (Å²) in [6.45, 7) is -0.640. The van der Waals surface area contributed by atoms with Crippen LogP contribution >= 0.6 is 0 Å². The molecule has 9 nitrogen and oxygen atoms in total. The monoisotopic (exact) mass is 470 g/mol. The van der Waals surface area contributed by atoms with Crippen molar-refractivity contribution in [2.45, 2.75) is 10.9 Å². The van der Waals surface area contributed by atoms with Gasteiger partial charge in [0, 0.05) is 5.56 Å². The van der Waals surface area contributed by atoms with Crippen LogP contribution in [0.25, 0.3) is 0 Å². The van der Waals surface area contributed by atoms with Gasteiger partial charge in [-0.05, 0) is 48.5 Å². The van der Waals surface area contributed by atoms with Crippen LogP contribution < -0.4 is 14.8 Å². The number of aliphatic hydroxyl groups excluding tert-OH is 1. The Labute approximate surface area is 191 Å². The number of anilines is 1. The normalized spacial score (nSPS) is 11.8. The van der Waals surface area contributed by atoms with Gasteiger partial charge in [0.25, 0.3) is 15.9 Å². The number of para-hydroxylation sites is 3. The number of hydrogen-bond donors (Lipinski definition) is 3. The number of aliphatic hydroxyl groups is 1. The maximum absolute atomic E-state index is 12.9. The van der Waals surface area contributed by atoms with Crippen molar-refractivity contribution < 1.29 is 32.6 Å². The van der Waals surface area contributed by atoms with E-state index < -0.39 is 34.5 Å². The van der Waals surface area contributed by atoms with Crippen molar-refractivity contribution >= 4 is 27.6 Å². The van der Waals surface area contributed by atoms with Gasteiger partial charge in [0.1, 0.15) is 5.75 Å². The molecule has 0 heterocycles. The van der Waals surface area contributed by atoms with Gasteiger partial charge in [0.05, 0.1) is 24.3 Å². The third-order valence-corrected chi connectivity index (χ3v) is 5.88. The average molecular weight is 471 g/mol. The number of hydrogen-bond acceptors (Lipinski definition) is 7. The summed E-state index contributed by atoms with van der Waals surface area (Å²) in [6, 6.07) is 19.4. The molecule has 0 aliphatic rings. The number of ether oxygens (including phenoxy) is 2. The van der Waals surface area contributed by atoms with E-state index in [1.807, 2.05) is 6.07 Å². The summed E-state index contributed by atoms with van der Waals surface area (Å²) in [5.74, 6) is -0.600. The molecule has 172 valence electrons. The molecule has 0 spiro atoms. The van der Waals surface area contributed by atoms with Crippen LogP contribution in [-0.4, -0.2) is 45.2 Å². The fraction of sp³-hybridized carbons (Fsp3) is 0.130. The van der Waals surface area contributed by atoms with Crippen molar-refractivity contribution in [3.8, 4) is 11.5 Å². The molecule has 0 aliphatic carbocycles. The minimum atomic E-state index is -3.99. The average Bonchev–Trinajstić information content (AvgIpc) is 2.83. The zero-order valence-corrected chi connectivity index (χ0v) is 18.4. The van der Waals surface area contributed by atoms with E-state index in [1.165, 1.54) is 24.3 Å². The molecule has 0 unspecified atom stereocenters. The minimum Gasteiger partial charge on any atom is -0.467 e. The topological polar surface area (TPSA) is 131 Å². The number of amides is 1. The van der Waals surface area contributed by atoms with Crippen LogP contribution in [0, 0.1) is 0 Å². The molecule has 3 aromatic rings. The van der Waals surface area contributed by atoms with Crippen molar-refractivity contribution in [3.63, 3.8) is 0 Å². The number of carbonyl (C=O) groups is 2. The van der Waals surface area contributed by atoms with Crippen molar-refractivity contribution in [2.75, 3.05) is 18.4 Å². The molecule has 0 aliphatic heterocycles. The number of methoxy groups -OCH3 is 1. The Morgan fingerprint density at radius 2 is 1.58 bits per heavy atom. The Morgan fingerprint density at radius 3 is 2.21 bits per heavy atom. The van der Waals surface area contributed by atoms with E-state index in [9.17, 15) is 23.1 Å². The maximum atomic E-state index is 12.9. The van der Waals surface area contributed by atoms with Crippen LogP contribution in [0.1, 0.15) is 10.4 Å². The molecule has 3 N–H and O–H groups in total. The molecule has 0 radical (unpaired) electrons. The smallest absolute Gasteiger partial charge is 0.330 e. The van der Waals surface area contributed by atoms with E-state index in [-0.39, 0.29) is 16.1 Å². The van der Waals surface area contributed by atoms with Gasteiger partial charge in [-0.2, -0.15) is 0 Å². The number of carbonyl (C=O) groups excluding carboxylic acids is 2. The van der Waals surface area contributed by atoms with Crippen LogP contribution in [0.2, 0.25) is 0 Å². The zero-order valence-electron chi connectivity index (χ0n) is 17.6. The predicted octanol–water partition coefficient (Wildman–Crippen LogP) is 2.54. The fourth-order valence-corrected chi connectivity index (χ4v) is 3.88. The Balaban J connectivity index is 1.75. The molecule has 1 amide bonds. The van der Waals surface area contributed by atoms with Crippen LogP contribution in [0.3, 0.4) is 0 Å². The van der Waals surface area contributed by atoms with E-state index in [0.717, 1.165) is 7.11 Å². The third kappa shape index (κ3) is 6.09. The lowest BCUT2D eigenvalue weighted by Crippen LogP contribution is -2.44. The lowest BCUT2D eigenvalue weighted by molar-refractivity contribution is -0.143. The molecule has 0 aromatic heterocycles. The quantitative estimate of drug-likeness (QED) is 0.410. The Morgan fingerprint density at radius 1 is 0.939 bits per heavy atom. The van der Waals surface area contributed by atoms with Gasteiger partial charge >= 0.3 is 5.97 Å². The van der Waals surface area contributed by atoms with E-state index in [2.05, 4.69) is 14.8 Å². The summed E-state index contributed by atoms with van der Waals surface area (Å²) < 4.78 is 38.5. The highest BCUT2D eigenvalue weighted by atomic mass is 32.2. The Kier molecular flexibility index (Phi) is 7.65. The van der Waals surface area contributed by atoms with Crippen LogP contribution in [0.15, 0.2) is 83.8 Å². The van der Waals surface area contributed by atoms with Gasteiger partial charge < -0.3 is 19.9 Å². The summed E-state index contributed by atoms with van der Waals surface area (Å²) in [6.07, 6.45) is 0. The highest BCUT2D eigenvalue weighted by molar-refractivity contribution is 7.92. The van der Waals surface area contributed by atoms with Crippen molar-refractivity contribution in [1.82, 2.24) is 5.32 Å². The maximum Gasteiger partial charge on any atom is 0.330 e. The van der Waals surface area contributed by atoms with E-state index >= 15 is 0 Å². The largest absolute Gasteiger partial charge is 0.467 e. The van der Waals surface area contributed by atoms with Crippen molar-refractivity contribution in [2.24, 2.45) is 0 Å². The molecule has 1 atom stereocenters. The lowest BCUT2D eigenvalue weighted by atomic mass is 10.2. The standard InChI is InChI=1S/C23H22N2O7S/c1-31-23(28)20(15-26)24-22(27)16-11-13-18(14-12-16)33(29,30)25-19-9-5-6-10-21(19)32-17-7-3-2-4-8-17/h2-14,20,25-26H,15H2,1H3,(H,24,27)/t20-/m1/s1. The minimum absolute atomic E-state index is 0.0831. The number of sulfonamides is 1. The summed E-state index contributed by atoms with van der Waals surface area (Å²) in [5.41, 5.74) is 0.344. The summed E-state index contributed by atoms with van der Waals surface area (Å²) in [4.78, 5) is 23.7. The summed E-state index contributed by atoms with van der Waals surface area (Å²) >= 11 is 0. The van der Waals surface area contributed by atoms with E-state index in [0.29, 0.717) is 11.5 Å². The van der Waals surface area contributed by atoms with Crippen LogP contribution in [0.5, 0.6) is 11.5 Å². The summed E-state index contributed by atoms with van der Waals surface area (Å²) in [7, 11) is -2.86. The lowest BCUT2D eigenvalue weighted by Gasteiger charge is -2.15. The number of esters is 1. The second-order valence-corrected chi connectivity index (χ2v) is 8.46. The van der Waals surface area contributed by atoms with Gasteiger partial charge in [0.2, 0.25) is 0 Å². The van der Waals surface area contributed by atoms with Gasteiger partial charge in [-0.25, -0.2) is 13.2 Å². The molecular weight excluding hydrogens is 448 g/mol. The first-order valence-electron chi connectivity index (χ1n) is 9.78. The first-order valence-corrected chi connectivity index (χ1v) is 11.3. The molecule has 10 heteroatoms. The fourth-order valence-electron chi connectivity index (χ4n) is 2.81. The van der Waals surface area contributed by atoms with Gasteiger partial charge in [-0.1, -0.05) is 30.3 Å². The van der Waals surface area contributed by atoms with E-state index in [4.69, 9.17) is 4.74 Å². The predicted molar refractivity (Wildman–Crippen MR) is 121 cm³/mol. The van der Waals surface area contributed by atoms with Crippen LogP contribution in [0.4, 0.5) is 5.69 Å². The van der Waals surface area contributed by atoms with Gasteiger partial charge in [0.15, 0.2) is 11.8 Å². The highest BCUT2D eigenvalue weighted by Crippen LogP contribution is 2.30. The first-order chi connectivity index (χ1) is 15.8. The highest BCUT2D eigenvalue weighted by Gasteiger charge is 2.22. The third-order valence-electron chi connectivity index (χ3n) is 4.50. The molecular formula is C23H22N2O7S. The second kappa shape index (κ2) is 10.6. The molecule has 3 aromatic carbocycles. The first kappa shape index (κ1) is 23.8. The zero-order chi connectivity index (χ0) is 23.8. The second-order valence-electron chi connectivity index (χ2n) is 6.77. The van der Waals surface area contributed by atoms with Crippen molar-refractivity contribution in [3.05, 3.63) is 84.4 Å². The molecule has 33 heavy (non-hydrogen) atoms. The molecule has 3 rings (SSSR count). The number of rotatable bonds is 9. The van der Waals surface area contributed by atoms with Crippen molar-refractivity contribution in [1.29, 1.82) is 0 Å². The number of nitrogens with one attached hydrogen (secondary N) is 2. The molecule has 0 saturated carbocycles. The molecule has 0 bridgehead atoms. The van der Waals surface area contributed by atoms with E-state index in [1.54, 1.807) is 48.5 Å². The van der Waals surface area contributed by atoms with Gasteiger partial charge in [-0.15, -0.1) is 0 Å². The van der Waals surface area contributed by atoms with Crippen LogP contribution in [-0.2, 0) is 19.6 Å². The SMILES string of the molecule is COC(=O)[C@@H](CO)NC(=O)c1ccc(S(=O)(=O)Nc2ccccc2Oc2ccccc2)cc1. The summed E-state index contributed by atoms with van der Waals surface area (Å²) in [5, 5.41) is 11.5. The molecule has 0 fully saturated rings. The number of benzene rings is 3. The Bertz CT molecular complexity index is 1210. The molecule has 0 saturated heterocycles. The van der Waals surface area contributed by atoms with Gasteiger partial charge in [-0.3, -0.25) is 9.52 Å².